The quantitative estimate of drug-likeness (QED) is 0.544. The van der Waals surface area contributed by atoms with Crippen LogP contribution in [-0.2, 0) is 14.4 Å². The van der Waals surface area contributed by atoms with Crippen molar-refractivity contribution in [2.45, 2.75) is 12.1 Å². The normalized spacial score (nSPS) is 22.4. The van der Waals surface area contributed by atoms with E-state index in [-0.39, 0.29) is 5.91 Å². The topological polar surface area (TPSA) is 59.1 Å². The summed E-state index contributed by atoms with van der Waals surface area (Å²) in [5.41, 5.74) is 1.73. The van der Waals surface area contributed by atoms with Crippen LogP contribution in [0.15, 0.2) is 72.8 Å². The first-order chi connectivity index (χ1) is 15.5. The van der Waals surface area contributed by atoms with Crippen molar-refractivity contribution in [2.75, 3.05) is 17.1 Å². The van der Waals surface area contributed by atoms with Gasteiger partial charge in [0.2, 0.25) is 5.91 Å². The van der Waals surface area contributed by atoms with Gasteiger partial charge < -0.3 is 4.74 Å². The first-order valence-corrected chi connectivity index (χ1v) is 10.3. The minimum Gasteiger partial charge on any atom is -0.497 e. The molecule has 0 radical (unpaired) electrons. The number of carbonyl (C=O) groups excluding carboxylic acids is 2. The number of hydroxylamine groups is 1. The summed E-state index contributed by atoms with van der Waals surface area (Å²) in [6.45, 7) is 0. The molecule has 3 aromatic carbocycles. The van der Waals surface area contributed by atoms with Gasteiger partial charge in [0.15, 0.2) is 6.10 Å². The third kappa shape index (κ3) is 3.30. The number of fused-ring (bicyclic) bond motifs is 1. The molecule has 5 rings (SSSR count). The Bertz CT molecular complexity index is 1170. The van der Waals surface area contributed by atoms with Crippen molar-refractivity contribution >= 4 is 34.8 Å². The standard InChI is InChI=1S/C24H18ClFN2O4/c1-31-19-12-10-17(11-13-19)27-23(29)20-21(14-2-6-16(26)7-3-14)28(32-22(20)24(27)30)18-8-4-15(25)5-9-18/h2-13,20-22H,1H3/t20-,21+,22+/m1/s1. The molecule has 3 aromatic rings. The van der Waals surface area contributed by atoms with Crippen LogP contribution in [0, 0.1) is 11.7 Å². The molecule has 0 aliphatic carbocycles. The van der Waals surface area contributed by atoms with Gasteiger partial charge in [-0.1, -0.05) is 23.7 Å². The zero-order valence-corrected chi connectivity index (χ0v) is 17.7. The highest BCUT2D eigenvalue weighted by molar-refractivity contribution is 6.30. The molecule has 2 saturated heterocycles. The molecular weight excluding hydrogens is 435 g/mol. The van der Waals surface area contributed by atoms with Crippen LogP contribution >= 0.6 is 11.6 Å². The van der Waals surface area contributed by atoms with Gasteiger partial charge >= 0.3 is 0 Å². The Labute approximate surface area is 188 Å². The molecule has 2 fully saturated rings. The lowest BCUT2D eigenvalue weighted by atomic mass is 9.90. The summed E-state index contributed by atoms with van der Waals surface area (Å²) in [5, 5.41) is 2.09. The highest BCUT2D eigenvalue weighted by Gasteiger charge is 2.60. The fourth-order valence-corrected chi connectivity index (χ4v) is 4.34. The van der Waals surface area contributed by atoms with E-state index in [1.54, 1.807) is 65.7 Å². The van der Waals surface area contributed by atoms with Gasteiger partial charge in [-0.05, 0) is 66.2 Å². The Morgan fingerprint density at radius 2 is 1.50 bits per heavy atom. The number of nitrogens with zero attached hydrogens (tertiary/aromatic N) is 2. The van der Waals surface area contributed by atoms with Gasteiger partial charge in [-0.25, -0.2) is 14.4 Å². The van der Waals surface area contributed by atoms with Crippen LogP contribution in [0.25, 0.3) is 0 Å². The SMILES string of the molecule is COc1ccc(N2C(=O)[C@H]3[C@H](ON(c4ccc(Cl)cc4)[C@H]3c3ccc(F)cc3)C2=O)cc1. The van der Waals surface area contributed by atoms with E-state index in [1.807, 2.05) is 0 Å². The maximum atomic E-state index is 13.6. The predicted octanol–water partition coefficient (Wildman–Crippen LogP) is 4.54. The Balaban J connectivity index is 1.55. The number of amides is 2. The molecule has 0 bridgehead atoms. The third-order valence-electron chi connectivity index (χ3n) is 5.74. The van der Waals surface area contributed by atoms with Crippen LogP contribution in [0.2, 0.25) is 5.02 Å². The molecule has 32 heavy (non-hydrogen) atoms. The van der Waals surface area contributed by atoms with Gasteiger partial charge in [-0.15, -0.1) is 0 Å². The number of halogens is 2. The Morgan fingerprint density at radius 1 is 0.875 bits per heavy atom. The average Bonchev–Trinajstić information content (AvgIpc) is 3.31. The van der Waals surface area contributed by atoms with Crippen LogP contribution in [-0.4, -0.2) is 25.0 Å². The first kappa shape index (κ1) is 20.5. The lowest BCUT2D eigenvalue weighted by molar-refractivity contribution is -0.126. The summed E-state index contributed by atoms with van der Waals surface area (Å²) in [5.74, 6) is -1.41. The van der Waals surface area contributed by atoms with Crippen molar-refractivity contribution in [3.63, 3.8) is 0 Å². The number of carbonyl (C=O) groups is 2. The molecule has 0 unspecified atom stereocenters. The second-order valence-corrected chi connectivity index (χ2v) is 8.00. The van der Waals surface area contributed by atoms with Crippen LogP contribution in [0.5, 0.6) is 5.75 Å². The second kappa shape index (κ2) is 7.93. The van der Waals surface area contributed by atoms with Gasteiger partial charge in [-0.3, -0.25) is 14.4 Å². The highest BCUT2D eigenvalue weighted by atomic mass is 35.5. The summed E-state index contributed by atoms with van der Waals surface area (Å²) < 4.78 is 18.7. The van der Waals surface area contributed by atoms with Crippen molar-refractivity contribution in [3.8, 4) is 5.75 Å². The zero-order chi connectivity index (χ0) is 22.4. The predicted molar refractivity (Wildman–Crippen MR) is 117 cm³/mol. The highest BCUT2D eigenvalue weighted by Crippen LogP contribution is 2.47. The molecule has 2 heterocycles. The maximum Gasteiger partial charge on any atom is 0.266 e. The van der Waals surface area contributed by atoms with Crippen molar-refractivity contribution in [2.24, 2.45) is 5.92 Å². The minimum absolute atomic E-state index is 0.379. The number of hydrogen-bond acceptors (Lipinski definition) is 5. The summed E-state index contributed by atoms with van der Waals surface area (Å²) in [7, 11) is 1.54. The number of imide groups is 1. The first-order valence-electron chi connectivity index (χ1n) is 9.97. The Morgan fingerprint density at radius 3 is 2.12 bits per heavy atom. The summed E-state index contributed by atoms with van der Waals surface area (Å²) in [6, 6.07) is 18.8. The minimum atomic E-state index is -1.00. The largest absolute Gasteiger partial charge is 0.497 e. The van der Waals surface area contributed by atoms with E-state index < -0.39 is 29.8 Å². The molecular formula is C24H18ClFN2O4. The average molecular weight is 453 g/mol. The van der Waals surface area contributed by atoms with Crippen LogP contribution in [0.1, 0.15) is 11.6 Å². The molecule has 0 spiro atoms. The molecule has 6 nitrogen and oxygen atoms in total. The number of ether oxygens (including phenoxy) is 1. The molecule has 162 valence electrons. The Kier molecular flexibility index (Phi) is 5.07. The maximum absolute atomic E-state index is 13.6. The Hall–Kier alpha value is -3.42. The van der Waals surface area contributed by atoms with Crippen molar-refractivity contribution in [1.29, 1.82) is 0 Å². The van der Waals surface area contributed by atoms with E-state index in [4.69, 9.17) is 21.2 Å². The fraction of sp³-hybridized carbons (Fsp3) is 0.167. The number of rotatable bonds is 4. The van der Waals surface area contributed by atoms with Crippen LogP contribution in [0.4, 0.5) is 15.8 Å². The monoisotopic (exact) mass is 452 g/mol. The van der Waals surface area contributed by atoms with Crippen molar-refractivity contribution in [1.82, 2.24) is 0 Å². The molecule has 2 aliphatic rings. The molecule has 3 atom stereocenters. The van der Waals surface area contributed by atoms with Gasteiger partial charge in [0, 0.05) is 5.02 Å². The van der Waals surface area contributed by atoms with E-state index in [9.17, 15) is 14.0 Å². The summed E-state index contributed by atoms with van der Waals surface area (Å²) in [6.07, 6.45) is -1.00. The number of methoxy groups -OCH3 is 1. The van der Waals surface area contributed by atoms with E-state index >= 15 is 0 Å². The molecule has 2 aliphatic heterocycles. The number of benzene rings is 3. The van der Waals surface area contributed by atoms with Crippen molar-refractivity contribution in [3.05, 3.63) is 89.2 Å². The van der Waals surface area contributed by atoms with Gasteiger partial charge in [0.25, 0.3) is 5.91 Å². The third-order valence-corrected chi connectivity index (χ3v) is 5.99. The molecule has 0 N–H and O–H groups in total. The van der Waals surface area contributed by atoms with Gasteiger partial charge in [0.05, 0.1) is 24.5 Å². The fourth-order valence-electron chi connectivity index (χ4n) is 4.21. The second-order valence-electron chi connectivity index (χ2n) is 7.56. The molecule has 0 aromatic heterocycles. The molecule has 8 heteroatoms. The van der Waals surface area contributed by atoms with Crippen LogP contribution < -0.4 is 14.7 Å². The van der Waals surface area contributed by atoms with E-state index in [1.165, 1.54) is 19.2 Å². The molecule has 2 amide bonds. The summed E-state index contributed by atoms with van der Waals surface area (Å²) in [4.78, 5) is 34.0. The van der Waals surface area contributed by atoms with Crippen molar-refractivity contribution < 1.29 is 23.6 Å². The lowest BCUT2D eigenvalue weighted by Gasteiger charge is -2.28. The van der Waals surface area contributed by atoms with E-state index in [0.29, 0.717) is 27.7 Å². The molecule has 0 saturated carbocycles. The van der Waals surface area contributed by atoms with Crippen LogP contribution in [0.3, 0.4) is 0 Å². The zero-order valence-electron chi connectivity index (χ0n) is 16.9. The van der Waals surface area contributed by atoms with E-state index in [2.05, 4.69) is 0 Å². The van der Waals surface area contributed by atoms with E-state index in [0.717, 1.165) is 4.90 Å². The smallest absolute Gasteiger partial charge is 0.266 e. The van der Waals surface area contributed by atoms with Gasteiger partial charge in [-0.2, -0.15) is 0 Å². The van der Waals surface area contributed by atoms with Gasteiger partial charge in [0.1, 0.15) is 17.5 Å². The number of anilines is 2. The lowest BCUT2D eigenvalue weighted by Crippen LogP contribution is -2.37. The number of hydrogen-bond donors (Lipinski definition) is 0. The summed E-state index contributed by atoms with van der Waals surface area (Å²) >= 11 is 6.02.